The molecule has 12 rings (SSSR count). The Morgan fingerprint density at radius 3 is 1.59 bits per heavy atom. The second-order valence-corrected chi connectivity index (χ2v) is 18.8. The highest BCUT2D eigenvalue weighted by Crippen LogP contribution is 2.50. The minimum absolute atomic E-state index is 0.280. The van der Waals surface area contributed by atoms with Gasteiger partial charge in [0.05, 0.1) is 39.0 Å². The number of para-hydroxylation sites is 3. The molecule has 69 heavy (non-hydrogen) atoms. The third-order valence-corrected chi connectivity index (χ3v) is 13.6. The van der Waals surface area contributed by atoms with Gasteiger partial charge < -0.3 is 0 Å². The van der Waals surface area contributed by atoms with E-state index < -0.39 is 5.41 Å². The molecular formula is C64H50N4O. The van der Waals surface area contributed by atoms with E-state index in [9.17, 15) is 0 Å². The molecule has 0 spiro atoms. The predicted molar refractivity (Wildman–Crippen MR) is 285 cm³/mol. The third-order valence-electron chi connectivity index (χ3n) is 13.6. The molecule has 11 aromatic rings. The molecule has 332 valence electrons. The van der Waals surface area contributed by atoms with Crippen LogP contribution in [0.4, 0.5) is 17.1 Å². The Morgan fingerprint density at radius 2 is 0.942 bits per heavy atom. The van der Waals surface area contributed by atoms with Crippen LogP contribution < -0.4 is 10.1 Å². The Hall–Kier alpha value is -8.51. The zero-order chi connectivity index (χ0) is 46.5. The molecule has 9 aromatic carbocycles. The van der Waals surface area contributed by atoms with E-state index in [-0.39, 0.29) is 5.54 Å². The van der Waals surface area contributed by atoms with Gasteiger partial charge in [-0.2, -0.15) is 5.06 Å². The van der Waals surface area contributed by atoms with Crippen molar-refractivity contribution < 1.29 is 4.94 Å². The molecule has 0 fully saturated rings. The summed E-state index contributed by atoms with van der Waals surface area (Å²) in [5.74, 6) is 0.845. The molecule has 5 heteroatoms. The molecule has 5 nitrogen and oxygen atoms in total. The van der Waals surface area contributed by atoms with Gasteiger partial charge in [0.1, 0.15) is 5.82 Å². The number of benzene rings is 9. The van der Waals surface area contributed by atoms with E-state index in [2.05, 4.69) is 268 Å². The quantitative estimate of drug-likeness (QED) is 0.135. The molecule has 0 aliphatic carbocycles. The monoisotopic (exact) mass is 890 g/mol. The topological polar surface area (TPSA) is 33.5 Å². The molecule has 0 atom stereocenters. The van der Waals surface area contributed by atoms with Crippen molar-refractivity contribution in [3.8, 4) is 39.2 Å². The van der Waals surface area contributed by atoms with Crippen molar-refractivity contribution in [1.82, 2.24) is 9.55 Å². The van der Waals surface area contributed by atoms with Gasteiger partial charge in [-0.1, -0.05) is 194 Å². The minimum Gasteiger partial charge on any atom is -0.294 e. The zero-order valence-corrected chi connectivity index (χ0v) is 38.9. The predicted octanol–water partition coefficient (Wildman–Crippen LogP) is 16.2. The lowest BCUT2D eigenvalue weighted by molar-refractivity contribution is 0.0842. The van der Waals surface area contributed by atoms with Gasteiger partial charge in [-0.15, -0.1) is 4.94 Å². The van der Waals surface area contributed by atoms with Gasteiger partial charge in [0.15, 0.2) is 0 Å². The Balaban J connectivity index is 1.10. The van der Waals surface area contributed by atoms with Crippen LogP contribution in [0.25, 0.3) is 61.0 Å². The summed E-state index contributed by atoms with van der Waals surface area (Å²) >= 11 is 0. The van der Waals surface area contributed by atoms with Crippen molar-refractivity contribution in [3.05, 3.63) is 271 Å². The van der Waals surface area contributed by atoms with E-state index in [0.29, 0.717) is 0 Å². The van der Waals surface area contributed by atoms with Crippen LogP contribution in [0.2, 0.25) is 0 Å². The highest BCUT2D eigenvalue weighted by molar-refractivity contribution is 6.09. The largest absolute Gasteiger partial charge is 0.294 e. The molecule has 1 aliphatic rings. The molecule has 2 aromatic heterocycles. The minimum atomic E-state index is -0.758. The van der Waals surface area contributed by atoms with Gasteiger partial charge in [0.25, 0.3) is 0 Å². The summed E-state index contributed by atoms with van der Waals surface area (Å²) < 4.78 is 2.36. The van der Waals surface area contributed by atoms with Crippen LogP contribution in [0.1, 0.15) is 43.0 Å². The van der Waals surface area contributed by atoms with Crippen molar-refractivity contribution >= 4 is 38.9 Å². The number of hydroxylamine groups is 1. The highest BCUT2D eigenvalue weighted by atomic mass is 16.9. The molecule has 0 N–H and O–H groups in total. The zero-order valence-electron chi connectivity index (χ0n) is 38.9. The summed E-state index contributed by atoms with van der Waals surface area (Å²) in [5.41, 5.74) is 15.6. The average molecular weight is 891 g/mol. The Bertz CT molecular complexity index is 3540. The first-order valence-electron chi connectivity index (χ1n) is 23.7. The van der Waals surface area contributed by atoms with E-state index in [4.69, 9.17) is 9.92 Å². The van der Waals surface area contributed by atoms with Crippen LogP contribution in [0.3, 0.4) is 0 Å². The molecule has 0 bridgehead atoms. The molecule has 0 amide bonds. The smallest absolute Gasteiger partial charge is 0.138 e. The second-order valence-electron chi connectivity index (χ2n) is 18.8. The lowest BCUT2D eigenvalue weighted by Gasteiger charge is -2.37. The maximum atomic E-state index is 6.79. The third kappa shape index (κ3) is 7.09. The normalized spacial score (nSPS) is 12.7. The van der Waals surface area contributed by atoms with E-state index in [1.807, 2.05) is 16.3 Å². The van der Waals surface area contributed by atoms with Crippen LogP contribution in [0.5, 0.6) is 0 Å². The lowest BCUT2D eigenvalue weighted by atomic mass is 9.65. The molecule has 0 unspecified atom stereocenters. The lowest BCUT2D eigenvalue weighted by Crippen LogP contribution is -2.41. The molecule has 3 heterocycles. The van der Waals surface area contributed by atoms with E-state index in [1.165, 1.54) is 33.2 Å². The summed E-state index contributed by atoms with van der Waals surface area (Å²) in [6, 6.07) is 87.4. The fourth-order valence-electron chi connectivity index (χ4n) is 10.6. The van der Waals surface area contributed by atoms with Gasteiger partial charge in [0.2, 0.25) is 0 Å². The Labute approximate surface area is 403 Å². The first-order valence-corrected chi connectivity index (χ1v) is 23.7. The maximum Gasteiger partial charge on any atom is 0.138 e. The summed E-state index contributed by atoms with van der Waals surface area (Å²) in [6.07, 6.45) is 1.97. The van der Waals surface area contributed by atoms with Crippen molar-refractivity contribution in [2.24, 2.45) is 0 Å². The maximum absolute atomic E-state index is 6.79. The first kappa shape index (κ1) is 41.9. The highest BCUT2D eigenvalue weighted by Gasteiger charge is 2.41. The van der Waals surface area contributed by atoms with Crippen LogP contribution in [-0.4, -0.2) is 15.1 Å². The fourth-order valence-corrected chi connectivity index (χ4v) is 10.6. The van der Waals surface area contributed by atoms with Crippen LogP contribution in [0, 0.1) is 0 Å². The number of fused-ring (bicyclic) bond motifs is 4. The van der Waals surface area contributed by atoms with Gasteiger partial charge in [0, 0.05) is 17.0 Å². The summed E-state index contributed by atoms with van der Waals surface area (Å²) in [7, 11) is 0. The molecular weight excluding hydrogens is 841 g/mol. The molecule has 1 aliphatic heterocycles. The number of nitrogens with zero attached hydrogens (tertiary/aromatic N) is 4. The Kier molecular flexibility index (Phi) is 10.3. The molecule has 0 saturated heterocycles. The van der Waals surface area contributed by atoms with Crippen molar-refractivity contribution in [2.75, 3.05) is 10.1 Å². The number of rotatable bonds is 9. The number of pyridine rings is 1. The van der Waals surface area contributed by atoms with Crippen LogP contribution in [0.15, 0.2) is 249 Å². The van der Waals surface area contributed by atoms with Crippen molar-refractivity contribution in [2.45, 2.75) is 31.7 Å². The Morgan fingerprint density at radius 1 is 0.406 bits per heavy atom. The van der Waals surface area contributed by atoms with Crippen molar-refractivity contribution in [3.63, 3.8) is 0 Å². The van der Waals surface area contributed by atoms with Gasteiger partial charge in [-0.05, 0) is 125 Å². The van der Waals surface area contributed by atoms with Gasteiger partial charge >= 0.3 is 0 Å². The number of anilines is 3. The van der Waals surface area contributed by atoms with Crippen LogP contribution >= 0.6 is 0 Å². The summed E-state index contributed by atoms with van der Waals surface area (Å²) in [5, 5.41) is 6.31. The molecule has 0 saturated carbocycles. The van der Waals surface area contributed by atoms with E-state index in [1.54, 1.807) is 0 Å². The standard InChI is InChI=1S/C64H50N4O/c1-63(2,3)68-59-37-19-18-36-58(59)67(69-68)52-31-20-30-50(43-52)64(48-26-12-6-13-27-48,49-28-14-7-15-29-49)51-38-39-56-55-32-16-17-35-57(55)66(60(56)44-51)61-42-47(40-41-65-61)62-53(45-22-8-4-9-23-45)33-21-34-54(62)46-24-10-5-11-25-46/h4-44H,1-3H3. The number of aromatic nitrogens is 2. The summed E-state index contributed by atoms with van der Waals surface area (Å²) in [4.78, 5) is 12.0. The van der Waals surface area contributed by atoms with E-state index >= 15 is 0 Å². The fraction of sp³-hybridized carbons (Fsp3) is 0.0781. The van der Waals surface area contributed by atoms with Crippen molar-refractivity contribution in [1.29, 1.82) is 0 Å². The SMILES string of the molecule is CC(C)(C)N1ON(c2cccc(C(c3ccccc3)(c3ccccc3)c3ccc4c5ccccc5n(-c5cc(-c6c(-c7ccccc7)cccc6-c6ccccc6)ccn5)c4c3)c2)c2ccccc21. The summed E-state index contributed by atoms with van der Waals surface area (Å²) in [6.45, 7) is 6.52. The average Bonchev–Trinajstić information content (AvgIpc) is 3.97. The van der Waals surface area contributed by atoms with Crippen LogP contribution in [-0.2, 0) is 10.4 Å². The first-order chi connectivity index (χ1) is 33.9. The van der Waals surface area contributed by atoms with Gasteiger partial charge in [-0.25, -0.2) is 10.0 Å². The number of hydrogen-bond donors (Lipinski definition) is 0. The van der Waals surface area contributed by atoms with E-state index in [0.717, 1.165) is 67.1 Å². The molecule has 0 radical (unpaired) electrons. The number of hydrogen-bond acceptors (Lipinski definition) is 4. The van der Waals surface area contributed by atoms with Gasteiger partial charge in [-0.3, -0.25) is 4.57 Å². The second kappa shape index (κ2) is 17.0.